The molecule has 0 bridgehead atoms. The quantitative estimate of drug-likeness (QED) is 0.856. The molecule has 0 saturated carbocycles. The van der Waals surface area contributed by atoms with Crippen LogP contribution in [0.2, 0.25) is 0 Å². The average Bonchev–Trinajstić information content (AvgIpc) is 2.58. The highest BCUT2D eigenvalue weighted by molar-refractivity contribution is 5.92. The molecular formula is C17H20F3NO3. The Labute approximate surface area is 138 Å². The Hall–Kier alpha value is -2.02. The molecule has 7 heteroatoms. The van der Waals surface area contributed by atoms with Crippen LogP contribution in [0.1, 0.15) is 18.4 Å². The van der Waals surface area contributed by atoms with Gasteiger partial charge in [-0.3, -0.25) is 4.79 Å². The number of amides is 1. The molecule has 0 aromatic heterocycles. The van der Waals surface area contributed by atoms with Crippen LogP contribution in [-0.4, -0.2) is 48.4 Å². The monoisotopic (exact) mass is 343 g/mol. The Morgan fingerprint density at radius 3 is 2.54 bits per heavy atom. The van der Waals surface area contributed by atoms with Crippen molar-refractivity contribution in [2.75, 3.05) is 20.2 Å². The Kier molecular flexibility index (Phi) is 5.88. The molecule has 0 spiro atoms. The second kappa shape index (κ2) is 7.70. The average molecular weight is 343 g/mol. The Bertz CT molecular complexity index is 593. The first-order chi connectivity index (χ1) is 11.3. The summed E-state index contributed by atoms with van der Waals surface area (Å²) in [4.78, 5) is 13.6. The maximum Gasteiger partial charge on any atom is 0.414 e. The molecule has 1 amide bonds. The van der Waals surface area contributed by atoms with Gasteiger partial charge in [-0.1, -0.05) is 18.2 Å². The van der Waals surface area contributed by atoms with Crippen molar-refractivity contribution in [2.45, 2.75) is 25.1 Å². The minimum absolute atomic E-state index is 0.134. The number of hydrogen-bond donors (Lipinski definition) is 1. The van der Waals surface area contributed by atoms with Crippen LogP contribution >= 0.6 is 0 Å². The Morgan fingerprint density at radius 2 is 1.96 bits per heavy atom. The van der Waals surface area contributed by atoms with Crippen LogP contribution in [0.4, 0.5) is 13.2 Å². The molecule has 1 aliphatic rings. The van der Waals surface area contributed by atoms with Crippen molar-refractivity contribution in [3.05, 3.63) is 35.9 Å². The van der Waals surface area contributed by atoms with Crippen molar-refractivity contribution < 1.29 is 27.8 Å². The summed E-state index contributed by atoms with van der Waals surface area (Å²) in [6.07, 6.45) is -3.65. The number of nitrogens with zero attached hydrogens (tertiary/aromatic N) is 1. The SMILES string of the molecule is COc1ccccc1/C=C/C(=O)N1CCC(C(O)C(F)(F)F)CC1. The fraction of sp³-hybridized carbons (Fsp3) is 0.471. The van der Waals surface area contributed by atoms with Gasteiger partial charge in [0, 0.05) is 24.7 Å². The molecule has 132 valence electrons. The minimum Gasteiger partial charge on any atom is -0.496 e. The van der Waals surface area contributed by atoms with Crippen molar-refractivity contribution in [2.24, 2.45) is 5.92 Å². The lowest BCUT2D eigenvalue weighted by Crippen LogP contribution is -2.44. The lowest BCUT2D eigenvalue weighted by atomic mass is 9.91. The third kappa shape index (κ3) is 4.50. The molecule has 1 unspecified atom stereocenters. The summed E-state index contributed by atoms with van der Waals surface area (Å²) < 4.78 is 42.7. The van der Waals surface area contributed by atoms with E-state index in [1.54, 1.807) is 18.2 Å². The van der Waals surface area contributed by atoms with Gasteiger partial charge in [0.2, 0.25) is 5.91 Å². The van der Waals surface area contributed by atoms with E-state index in [-0.39, 0.29) is 31.8 Å². The van der Waals surface area contributed by atoms with Crippen molar-refractivity contribution >= 4 is 12.0 Å². The van der Waals surface area contributed by atoms with E-state index in [2.05, 4.69) is 0 Å². The van der Waals surface area contributed by atoms with Crippen LogP contribution in [0.25, 0.3) is 6.08 Å². The molecule has 4 nitrogen and oxygen atoms in total. The predicted molar refractivity (Wildman–Crippen MR) is 83.4 cm³/mol. The number of aliphatic hydroxyl groups excluding tert-OH is 1. The van der Waals surface area contributed by atoms with E-state index in [0.717, 1.165) is 5.56 Å². The van der Waals surface area contributed by atoms with Gasteiger partial charge in [-0.25, -0.2) is 0 Å². The zero-order valence-electron chi connectivity index (χ0n) is 13.3. The molecule has 1 saturated heterocycles. The number of likely N-dealkylation sites (tertiary alicyclic amines) is 1. The lowest BCUT2D eigenvalue weighted by molar-refractivity contribution is -0.222. The van der Waals surface area contributed by atoms with Crippen molar-refractivity contribution in [3.8, 4) is 5.75 Å². The molecule has 1 aromatic carbocycles. The normalized spacial score (nSPS) is 18.0. The standard InChI is InChI=1S/C17H20F3NO3/c1-24-14-5-3-2-4-12(14)6-7-15(22)21-10-8-13(9-11-21)16(23)17(18,19)20/h2-7,13,16,23H,8-11H2,1H3/b7-6+. The van der Waals surface area contributed by atoms with Crippen LogP contribution in [0.5, 0.6) is 5.75 Å². The molecule has 0 aliphatic carbocycles. The van der Waals surface area contributed by atoms with Crippen LogP contribution < -0.4 is 4.74 Å². The van der Waals surface area contributed by atoms with Gasteiger partial charge in [-0.15, -0.1) is 0 Å². The first kappa shape index (κ1) is 18.3. The highest BCUT2D eigenvalue weighted by Crippen LogP contribution is 2.31. The summed E-state index contributed by atoms with van der Waals surface area (Å²) in [7, 11) is 1.53. The number of benzene rings is 1. The summed E-state index contributed by atoms with van der Waals surface area (Å²) in [5, 5.41) is 9.29. The van der Waals surface area contributed by atoms with E-state index in [1.807, 2.05) is 12.1 Å². The smallest absolute Gasteiger partial charge is 0.414 e. The number of methoxy groups -OCH3 is 1. The summed E-state index contributed by atoms with van der Waals surface area (Å²) in [6.45, 7) is 0.403. The fourth-order valence-electron chi connectivity index (χ4n) is 2.77. The number of carbonyl (C=O) groups excluding carboxylic acids is 1. The topological polar surface area (TPSA) is 49.8 Å². The second-order valence-corrected chi connectivity index (χ2v) is 5.72. The summed E-state index contributed by atoms with van der Waals surface area (Å²) >= 11 is 0. The minimum atomic E-state index is -4.61. The third-order valence-electron chi connectivity index (χ3n) is 4.18. The van der Waals surface area contributed by atoms with Crippen molar-refractivity contribution in [1.29, 1.82) is 0 Å². The molecule has 1 aromatic rings. The molecular weight excluding hydrogens is 323 g/mol. The van der Waals surface area contributed by atoms with Crippen LogP contribution in [-0.2, 0) is 4.79 Å². The molecule has 2 rings (SSSR count). The van der Waals surface area contributed by atoms with Crippen LogP contribution in [0, 0.1) is 5.92 Å². The highest BCUT2D eigenvalue weighted by atomic mass is 19.4. The zero-order valence-corrected chi connectivity index (χ0v) is 13.3. The molecule has 1 fully saturated rings. The molecule has 1 aliphatic heterocycles. The van der Waals surface area contributed by atoms with Gasteiger partial charge in [0.05, 0.1) is 7.11 Å². The van der Waals surface area contributed by atoms with E-state index in [0.29, 0.717) is 5.75 Å². The van der Waals surface area contributed by atoms with Gasteiger partial charge in [-0.2, -0.15) is 13.2 Å². The highest BCUT2D eigenvalue weighted by Gasteiger charge is 2.44. The number of para-hydroxylation sites is 1. The molecule has 1 N–H and O–H groups in total. The van der Waals surface area contributed by atoms with E-state index >= 15 is 0 Å². The summed E-state index contributed by atoms with van der Waals surface area (Å²) in [6, 6.07) is 7.20. The number of alkyl halides is 3. The van der Waals surface area contributed by atoms with E-state index in [4.69, 9.17) is 4.74 Å². The molecule has 0 radical (unpaired) electrons. The van der Waals surface area contributed by atoms with E-state index in [9.17, 15) is 23.1 Å². The summed E-state index contributed by atoms with van der Waals surface area (Å²) in [5.74, 6) is -0.485. The second-order valence-electron chi connectivity index (χ2n) is 5.72. The molecule has 1 atom stereocenters. The van der Waals surface area contributed by atoms with Gasteiger partial charge in [-0.05, 0) is 30.9 Å². The number of ether oxygens (including phenoxy) is 1. The van der Waals surface area contributed by atoms with Gasteiger partial charge < -0.3 is 14.7 Å². The Morgan fingerprint density at radius 1 is 1.33 bits per heavy atom. The lowest BCUT2D eigenvalue weighted by Gasteiger charge is -2.34. The van der Waals surface area contributed by atoms with Gasteiger partial charge in [0.15, 0.2) is 6.10 Å². The number of halogens is 3. The largest absolute Gasteiger partial charge is 0.496 e. The van der Waals surface area contributed by atoms with Crippen molar-refractivity contribution in [1.82, 2.24) is 4.90 Å². The fourth-order valence-corrected chi connectivity index (χ4v) is 2.77. The predicted octanol–water partition coefficient (Wildman–Crippen LogP) is 2.87. The third-order valence-corrected chi connectivity index (χ3v) is 4.18. The van der Waals surface area contributed by atoms with E-state index in [1.165, 1.54) is 18.1 Å². The van der Waals surface area contributed by atoms with Crippen LogP contribution in [0.3, 0.4) is 0 Å². The maximum atomic E-state index is 12.5. The van der Waals surface area contributed by atoms with E-state index < -0.39 is 18.2 Å². The van der Waals surface area contributed by atoms with Crippen LogP contribution in [0.15, 0.2) is 30.3 Å². The molecule has 1 heterocycles. The summed E-state index contributed by atoms with van der Waals surface area (Å²) in [5.41, 5.74) is 0.746. The van der Waals surface area contributed by atoms with Crippen molar-refractivity contribution in [3.63, 3.8) is 0 Å². The number of piperidine rings is 1. The van der Waals surface area contributed by atoms with Gasteiger partial charge in [0.25, 0.3) is 0 Å². The number of carbonyl (C=O) groups is 1. The van der Waals surface area contributed by atoms with Gasteiger partial charge in [0.1, 0.15) is 5.75 Å². The number of hydrogen-bond acceptors (Lipinski definition) is 3. The Balaban J connectivity index is 1.92. The molecule has 24 heavy (non-hydrogen) atoms. The van der Waals surface area contributed by atoms with Gasteiger partial charge >= 0.3 is 6.18 Å². The first-order valence-corrected chi connectivity index (χ1v) is 7.67. The zero-order chi connectivity index (χ0) is 17.7. The number of aliphatic hydroxyl groups is 1. The number of rotatable bonds is 4. The maximum absolute atomic E-state index is 12.5. The first-order valence-electron chi connectivity index (χ1n) is 7.67.